The van der Waals surface area contributed by atoms with Crippen LogP contribution in [-0.2, 0) is 4.74 Å². The lowest BCUT2D eigenvalue weighted by Crippen LogP contribution is -2.57. The number of nitrogens with two attached hydrogens (primary N) is 1. The highest BCUT2D eigenvalue weighted by Gasteiger charge is 2.22. The van der Waals surface area contributed by atoms with Gasteiger partial charge in [-0.05, 0) is 50.5 Å². The van der Waals surface area contributed by atoms with E-state index in [1.54, 1.807) is 18.2 Å². The van der Waals surface area contributed by atoms with Gasteiger partial charge in [0.1, 0.15) is 11.9 Å². The summed E-state index contributed by atoms with van der Waals surface area (Å²) in [6.45, 7) is 1.27. The fourth-order valence-corrected chi connectivity index (χ4v) is 3.87. The molecule has 9 nitrogen and oxygen atoms in total. The van der Waals surface area contributed by atoms with Crippen molar-refractivity contribution in [3.63, 3.8) is 0 Å². The van der Waals surface area contributed by atoms with Crippen LogP contribution in [-0.4, -0.2) is 55.6 Å². The normalized spacial score (nSPS) is 19.0. The third kappa shape index (κ3) is 4.79. The van der Waals surface area contributed by atoms with Crippen LogP contribution in [0.2, 0.25) is 0 Å². The van der Waals surface area contributed by atoms with Crippen LogP contribution in [0.25, 0.3) is 10.6 Å². The molecule has 2 atom stereocenters. The van der Waals surface area contributed by atoms with Crippen molar-refractivity contribution in [3.05, 3.63) is 47.3 Å². The Bertz CT molecular complexity index is 1000. The molecule has 2 aromatic heterocycles. The maximum Gasteiger partial charge on any atom is 0.258 e. The largest absolute Gasteiger partial charge is 0.375 e. The molecule has 1 amide bonds. The Hall–Kier alpha value is -2.92. The first-order valence-corrected chi connectivity index (χ1v) is 10.3. The lowest BCUT2D eigenvalue weighted by Gasteiger charge is -2.35. The Labute approximate surface area is 178 Å². The van der Waals surface area contributed by atoms with Crippen molar-refractivity contribution >= 4 is 34.5 Å². The van der Waals surface area contributed by atoms with Crippen LogP contribution in [0.5, 0.6) is 0 Å². The third-order valence-corrected chi connectivity index (χ3v) is 5.80. The molecule has 0 aliphatic carbocycles. The van der Waals surface area contributed by atoms with Crippen molar-refractivity contribution in [3.8, 4) is 10.6 Å². The van der Waals surface area contributed by atoms with Gasteiger partial charge in [-0.25, -0.2) is 0 Å². The molecule has 0 saturated carbocycles. The van der Waals surface area contributed by atoms with Crippen LogP contribution < -0.4 is 21.7 Å². The number of nitrogens with one attached hydrogen (secondary N) is 3. The number of ether oxygens (including phenoxy) is 1. The third-order valence-electron chi connectivity index (χ3n) is 4.68. The summed E-state index contributed by atoms with van der Waals surface area (Å²) in [5.74, 6) is 0.0601. The summed E-state index contributed by atoms with van der Waals surface area (Å²) in [7, 11) is 4.04. The Kier molecular flexibility index (Phi) is 6.00. The molecule has 10 heteroatoms. The van der Waals surface area contributed by atoms with E-state index in [9.17, 15) is 4.79 Å². The van der Waals surface area contributed by atoms with Crippen molar-refractivity contribution in [1.29, 1.82) is 0 Å². The van der Waals surface area contributed by atoms with E-state index >= 15 is 0 Å². The van der Waals surface area contributed by atoms with E-state index in [1.807, 2.05) is 38.4 Å². The molecule has 4 rings (SSSR count). The van der Waals surface area contributed by atoms with Gasteiger partial charge >= 0.3 is 0 Å². The van der Waals surface area contributed by atoms with Gasteiger partial charge in [-0.3, -0.25) is 15.0 Å². The van der Waals surface area contributed by atoms with Gasteiger partial charge in [-0.15, -0.1) is 11.3 Å². The van der Waals surface area contributed by atoms with Gasteiger partial charge in [0.15, 0.2) is 0 Å². The smallest absolute Gasteiger partial charge is 0.258 e. The monoisotopic (exact) mass is 428 g/mol. The summed E-state index contributed by atoms with van der Waals surface area (Å²) in [5.41, 5.74) is 7.80. The van der Waals surface area contributed by atoms with E-state index in [0.29, 0.717) is 29.7 Å². The highest BCUT2D eigenvalue weighted by atomic mass is 32.1. The zero-order valence-corrected chi connectivity index (χ0v) is 17.5. The second-order valence-corrected chi connectivity index (χ2v) is 8.27. The van der Waals surface area contributed by atoms with Crippen molar-refractivity contribution < 1.29 is 14.1 Å². The number of thiophene rings is 1. The molecule has 1 aliphatic heterocycles. The second-order valence-electron chi connectivity index (χ2n) is 7.19. The van der Waals surface area contributed by atoms with E-state index in [-0.39, 0.29) is 12.3 Å². The SMILES string of the molecule is CN(C)C1COCC(Nc2ccc(Nc3cc(-c4ccc(C(N)=O)s4)no3)cc2)N1. The van der Waals surface area contributed by atoms with Crippen LogP contribution >= 0.6 is 11.3 Å². The minimum Gasteiger partial charge on any atom is -0.375 e. The van der Waals surface area contributed by atoms with Crippen molar-refractivity contribution in [1.82, 2.24) is 15.4 Å². The quantitative estimate of drug-likeness (QED) is 0.453. The average Bonchev–Trinajstić information content (AvgIpc) is 3.39. The van der Waals surface area contributed by atoms with E-state index in [1.165, 1.54) is 11.3 Å². The van der Waals surface area contributed by atoms with E-state index in [0.717, 1.165) is 16.3 Å². The number of carbonyl (C=O) groups is 1. The molecule has 3 aromatic rings. The van der Waals surface area contributed by atoms with Crippen molar-refractivity contribution in [2.45, 2.75) is 12.3 Å². The van der Waals surface area contributed by atoms with Crippen LogP contribution in [0.15, 0.2) is 47.0 Å². The topological polar surface area (TPSA) is 118 Å². The maximum absolute atomic E-state index is 11.2. The lowest BCUT2D eigenvalue weighted by atomic mass is 10.2. The molecule has 5 N–H and O–H groups in total. The van der Waals surface area contributed by atoms with Gasteiger partial charge in [-0.1, -0.05) is 5.16 Å². The maximum atomic E-state index is 11.2. The van der Waals surface area contributed by atoms with Gasteiger partial charge < -0.3 is 25.6 Å². The highest BCUT2D eigenvalue weighted by molar-refractivity contribution is 7.17. The zero-order valence-electron chi connectivity index (χ0n) is 16.7. The summed E-state index contributed by atoms with van der Waals surface area (Å²) in [4.78, 5) is 14.6. The predicted octanol–water partition coefficient (Wildman–Crippen LogP) is 2.49. The fraction of sp³-hybridized carbons (Fsp3) is 0.300. The average molecular weight is 429 g/mol. The summed E-state index contributed by atoms with van der Waals surface area (Å²) in [6, 6.07) is 13.1. The first-order valence-electron chi connectivity index (χ1n) is 9.48. The number of amides is 1. The van der Waals surface area contributed by atoms with Crippen LogP contribution in [0, 0.1) is 0 Å². The first-order chi connectivity index (χ1) is 14.5. The molecule has 1 aromatic carbocycles. The molecule has 158 valence electrons. The molecular weight excluding hydrogens is 404 g/mol. The molecule has 30 heavy (non-hydrogen) atoms. The zero-order chi connectivity index (χ0) is 21.1. The molecule has 1 aliphatic rings. The summed E-state index contributed by atoms with van der Waals surface area (Å²) in [6.07, 6.45) is 0.220. The van der Waals surface area contributed by atoms with Gasteiger partial charge in [0.2, 0.25) is 5.88 Å². The Balaban J connectivity index is 1.36. The fourth-order valence-electron chi connectivity index (χ4n) is 3.06. The second kappa shape index (κ2) is 8.84. The van der Waals surface area contributed by atoms with Crippen LogP contribution in [0.3, 0.4) is 0 Å². The van der Waals surface area contributed by atoms with Gasteiger partial charge in [0.05, 0.1) is 29.1 Å². The number of hydrogen-bond acceptors (Lipinski definition) is 9. The molecule has 0 spiro atoms. The Morgan fingerprint density at radius 2 is 1.97 bits per heavy atom. The van der Waals surface area contributed by atoms with E-state index in [2.05, 4.69) is 26.0 Å². The standard InChI is InChI=1S/C20H24N6O3S/c1-26(2)18-11-28-10-17(24-18)22-12-3-5-13(6-4-12)23-19-9-14(25-29-19)15-7-8-16(30-15)20(21)27/h3-9,17-18,22-24H,10-11H2,1-2H3,(H2,21,27). The van der Waals surface area contributed by atoms with E-state index < -0.39 is 5.91 Å². The number of rotatable bonds is 7. The minimum absolute atomic E-state index is 0.0397. The predicted molar refractivity (Wildman–Crippen MR) is 117 cm³/mol. The van der Waals surface area contributed by atoms with Gasteiger partial charge in [0, 0.05) is 17.4 Å². The first kappa shape index (κ1) is 20.4. The number of morpholine rings is 1. The number of hydrogen-bond donors (Lipinski definition) is 4. The Morgan fingerprint density at radius 3 is 2.67 bits per heavy atom. The number of primary amides is 1. The highest BCUT2D eigenvalue weighted by Crippen LogP contribution is 2.30. The molecule has 2 unspecified atom stereocenters. The van der Waals surface area contributed by atoms with Crippen molar-refractivity contribution in [2.75, 3.05) is 37.9 Å². The molecule has 0 radical (unpaired) electrons. The summed E-state index contributed by atoms with van der Waals surface area (Å²) >= 11 is 1.28. The molecule has 3 heterocycles. The van der Waals surface area contributed by atoms with E-state index in [4.69, 9.17) is 15.0 Å². The minimum atomic E-state index is -0.450. The number of nitrogens with zero attached hydrogens (tertiary/aromatic N) is 2. The Morgan fingerprint density at radius 1 is 1.20 bits per heavy atom. The van der Waals surface area contributed by atoms with Gasteiger partial charge in [0.25, 0.3) is 5.91 Å². The molecular formula is C20H24N6O3S. The number of aromatic nitrogens is 1. The summed E-state index contributed by atoms with van der Waals surface area (Å²) < 4.78 is 11.0. The lowest BCUT2D eigenvalue weighted by molar-refractivity contribution is 0.00779. The van der Waals surface area contributed by atoms with Crippen LogP contribution in [0.4, 0.5) is 17.3 Å². The van der Waals surface area contributed by atoms with Crippen LogP contribution in [0.1, 0.15) is 9.67 Å². The number of likely N-dealkylation sites (N-methyl/N-ethyl adjacent to an activating group) is 1. The molecule has 0 bridgehead atoms. The number of anilines is 3. The molecule has 1 fully saturated rings. The van der Waals surface area contributed by atoms with Gasteiger partial charge in [-0.2, -0.15) is 0 Å². The number of benzene rings is 1. The molecule has 1 saturated heterocycles. The van der Waals surface area contributed by atoms with Crippen molar-refractivity contribution in [2.24, 2.45) is 5.73 Å². The summed E-state index contributed by atoms with van der Waals surface area (Å²) in [5, 5.41) is 14.2. The number of carbonyl (C=O) groups excluding carboxylic acids is 1.